The van der Waals surface area contributed by atoms with Gasteiger partial charge in [-0.15, -0.1) is 0 Å². The van der Waals surface area contributed by atoms with Crippen molar-refractivity contribution in [2.75, 3.05) is 46.2 Å². The third-order valence-electron chi connectivity index (χ3n) is 2.72. The zero-order valence-corrected chi connectivity index (χ0v) is 11.7. The van der Waals surface area contributed by atoms with E-state index in [1.165, 1.54) is 12.1 Å². The first-order valence-corrected chi connectivity index (χ1v) is 6.05. The number of anilines is 1. The minimum absolute atomic E-state index is 0.880. The summed E-state index contributed by atoms with van der Waals surface area (Å²) < 4.78 is 2.12. The molecule has 1 N–H and O–H groups in total. The molecule has 0 aliphatic heterocycles. The standard InChI is InChI=1S/C12H25N5/c1-15(2)8-6-7-13-9-11-10-14-12(16(3)4)17(11)5/h10,13H,6-9H2,1-5H3. The molecule has 0 radical (unpaired) electrons. The summed E-state index contributed by atoms with van der Waals surface area (Å²) in [5.41, 5.74) is 1.22. The van der Waals surface area contributed by atoms with Crippen LogP contribution in [0.1, 0.15) is 12.1 Å². The van der Waals surface area contributed by atoms with Crippen molar-refractivity contribution in [1.29, 1.82) is 0 Å². The van der Waals surface area contributed by atoms with Gasteiger partial charge in [-0.2, -0.15) is 0 Å². The van der Waals surface area contributed by atoms with Crippen LogP contribution in [-0.4, -0.2) is 55.7 Å². The molecule has 0 saturated heterocycles. The molecule has 1 heterocycles. The number of nitrogens with zero attached hydrogens (tertiary/aromatic N) is 4. The van der Waals surface area contributed by atoms with E-state index in [-0.39, 0.29) is 0 Å². The van der Waals surface area contributed by atoms with E-state index in [4.69, 9.17) is 0 Å². The lowest BCUT2D eigenvalue weighted by Gasteiger charge is -2.13. The van der Waals surface area contributed by atoms with Gasteiger partial charge in [0, 0.05) is 27.7 Å². The average Bonchev–Trinajstić information content (AvgIpc) is 2.59. The average molecular weight is 239 g/mol. The summed E-state index contributed by atoms with van der Waals surface area (Å²) in [6.07, 6.45) is 3.11. The first-order chi connectivity index (χ1) is 8.02. The van der Waals surface area contributed by atoms with Crippen molar-refractivity contribution in [2.45, 2.75) is 13.0 Å². The first-order valence-electron chi connectivity index (χ1n) is 6.05. The quantitative estimate of drug-likeness (QED) is 0.704. The van der Waals surface area contributed by atoms with E-state index in [1.54, 1.807) is 0 Å². The van der Waals surface area contributed by atoms with E-state index in [9.17, 15) is 0 Å². The molecule has 0 aliphatic carbocycles. The molecule has 5 heteroatoms. The van der Waals surface area contributed by atoms with Gasteiger partial charge >= 0.3 is 0 Å². The largest absolute Gasteiger partial charge is 0.348 e. The highest BCUT2D eigenvalue weighted by Gasteiger charge is 2.06. The van der Waals surface area contributed by atoms with Crippen LogP contribution in [0.4, 0.5) is 5.95 Å². The molecule has 1 aromatic rings. The van der Waals surface area contributed by atoms with Gasteiger partial charge in [0.1, 0.15) is 0 Å². The molecule has 0 aliphatic rings. The highest BCUT2D eigenvalue weighted by atomic mass is 15.3. The number of rotatable bonds is 7. The van der Waals surface area contributed by atoms with E-state index >= 15 is 0 Å². The molecule has 98 valence electrons. The zero-order valence-electron chi connectivity index (χ0n) is 11.7. The van der Waals surface area contributed by atoms with Crippen LogP contribution in [0.25, 0.3) is 0 Å². The fraction of sp³-hybridized carbons (Fsp3) is 0.750. The van der Waals surface area contributed by atoms with Gasteiger partial charge in [-0.25, -0.2) is 4.98 Å². The van der Waals surface area contributed by atoms with Crippen molar-refractivity contribution >= 4 is 5.95 Å². The van der Waals surface area contributed by atoms with Gasteiger partial charge < -0.3 is 19.7 Å². The summed E-state index contributed by atoms with van der Waals surface area (Å²) >= 11 is 0. The van der Waals surface area contributed by atoms with E-state index in [0.29, 0.717) is 0 Å². The van der Waals surface area contributed by atoms with Gasteiger partial charge in [-0.3, -0.25) is 0 Å². The molecule has 0 saturated carbocycles. The summed E-state index contributed by atoms with van der Waals surface area (Å²) in [7, 11) is 10.3. The van der Waals surface area contributed by atoms with Gasteiger partial charge in [0.15, 0.2) is 0 Å². The molecule has 5 nitrogen and oxygen atoms in total. The Morgan fingerprint density at radius 2 is 2.00 bits per heavy atom. The van der Waals surface area contributed by atoms with Gasteiger partial charge in [0.05, 0.1) is 11.9 Å². The molecule has 0 atom stereocenters. The minimum atomic E-state index is 0.880. The number of nitrogens with one attached hydrogen (secondary N) is 1. The normalized spacial score (nSPS) is 11.2. The Bertz CT molecular complexity index is 330. The molecule has 0 aromatic carbocycles. The molecule has 0 spiro atoms. The van der Waals surface area contributed by atoms with Crippen molar-refractivity contribution in [1.82, 2.24) is 19.8 Å². The van der Waals surface area contributed by atoms with Gasteiger partial charge in [-0.1, -0.05) is 0 Å². The molecule has 0 bridgehead atoms. The van der Waals surface area contributed by atoms with Crippen LogP contribution in [0, 0.1) is 0 Å². The summed E-state index contributed by atoms with van der Waals surface area (Å²) in [5.74, 6) is 0.995. The Kier molecular flexibility index (Phi) is 5.44. The van der Waals surface area contributed by atoms with Crippen LogP contribution in [0.3, 0.4) is 0 Å². The second-order valence-corrected chi connectivity index (χ2v) is 4.84. The number of hydrogen-bond acceptors (Lipinski definition) is 4. The third kappa shape index (κ3) is 4.36. The molecule has 1 aromatic heterocycles. The monoisotopic (exact) mass is 239 g/mol. The second kappa shape index (κ2) is 6.61. The van der Waals surface area contributed by atoms with Crippen molar-refractivity contribution < 1.29 is 0 Å². The molecule has 0 amide bonds. The summed E-state index contributed by atoms with van der Waals surface area (Å²) in [6, 6.07) is 0. The van der Waals surface area contributed by atoms with Crippen LogP contribution in [-0.2, 0) is 13.6 Å². The molecule has 0 unspecified atom stereocenters. The molecular formula is C12H25N5. The predicted octanol–water partition coefficient (Wildman–Crippen LogP) is 0.527. The van der Waals surface area contributed by atoms with Gasteiger partial charge in [0.2, 0.25) is 5.95 Å². The Morgan fingerprint density at radius 3 is 2.53 bits per heavy atom. The van der Waals surface area contributed by atoms with Crippen molar-refractivity contribution in [3.8, 4) is 0 Å². The smallest absolute Gasteiger partial charge is 0.204 e. The third-order valence-corrected chi connectivity index (χ3v) is 2.72. The fourth-order valence-electron chi connectivity index (χ4n) is 1.75. The Morgan fingerprint density at radius 1 is 1.29 bits per heavy atom. The predicted molar refractivity (Wildman–Crippen MR) is 72.4 cm³/mol. The van der Waals surface area contributed by atoms with Crippen molar-refractivity contribution in [3.05, 3.63) is 11.9 Å². The second-order valence-electron chi connectivity index (χ2n) is 4.84. The maximum absolute atomic E-state index is 4.38. The molecular weight excluding hydrogens is 214 g/mol. The van der Waals surface area contributed by atoms with Crippen molar-refractivity contribution in [3.63, 3.8) is 0 Å². The van der Waals surface area contributed by atoms with Gasteiger partial charge in [0.25, 0.3) is 0 Å². The molecule has 17 heavy (non-hydrogen) atoms. The summed E-state index contributed by atoms with van der Waals surface area (Å²) in [5, 5.41) is 3.44. The number of aromatic nitrogens is 2. The maximum atomic E-state index is 4.38. The van der Waals surface area contributed by atoms with Crippen LogP contribution in [0.15, 0.2) is 6.20 Å². The minimum Gasteiger partial charge on any atom is -0.348 e. The topological polar surface area (TPSA) is 36.3 Å². The Hall–Kier alpha value is -1.07. The van der Waals surface area contributed by atoms with E-state index < -0.39 is 0 Å². The number of imidazole rings is 1. The van der Waals surface area contributed by atoms with Crippen LogP contribution >= 0.6 is 0 Å². The van der Waals surface area contributed by atoms with Gasteiger partial charge in [-0.05, 0) is 33.6 Å². The lowest BCUT2D eigenvalue weighted by Crippen LogP contribution is -2.22. The molecule has 1 rings (SSSR count). The molecule has 0 fully saturated rings. The van der Waals surface area contributed by atoms with Crippen LogP contribution in [0.2, 0.25) is 0 Å². The van der Waals surface area contributed by atoms with E-state index in [2.05, 4.69) is 40.9 Å². The fourth-order valence-corrected chi connectivity index (χ4v) is 1.75. The SMILES string of the molecule is CN(C)CCCNCc1cnc(N(C)C)n1C. The van der Waals surface area contributed by atoms with Crippen LogP contribution < -0.4 is 10.2 Å². The van der Waals surface area contributed by atoms with Crippen molar-refractivity contribution in [2.24, 2.45) is 7.05 Å². The highest BCUT2D eigenvalue weighted by molar-refractivity contribution is 5.30. The summed E-state index contributed by atoms with van der Waals surface area (Å²) in [6.45, 7) is 3.05. The van der Waals surface area contributed by atoms with E-state index in [1.807, 2.05) is 25.2 Å². The zero-order chi connectivity index (χ0) is 12.8. The Balaban J connectivity index is 2.32. The number of hydrogen-bond donors (Lipinski definition) is 1. The van der Waals surface area contributed by atoms with E-state index in [0.717, 1.165) is 25.6 Å². The highest BCUT2D eigenvalue weighted by Crippen LogP contribution is 2.10. The first kappa shape index (κ1) is 14.0. The lowest BCUT2D eigenvalue weighted by atomic mass is 10.4. The lowest BCUT2D eigenvalue weighted by molar-refractivity contribution is 0.394. The summed E-state index contributed by atoms with van der Waals surface area (Å²) in [4.78, 5) is 8.61. The van der Waals surface area contributed by atoms with Crippen LogP contribution in [0.5, 0.6) is 0 Å². The Labute approximate surface area is 104 Å². The maximum Gasteiger partial charge on any atom is 0.204 e.